The minimum atomic E-state index is -3.83. The van der Waals surface area contributed by atoms with Crippen LogP contribution in [0.4, 0.5) is 4.39 Å². The van der Waals surface area contributed by atoms with E-state index >= 15 is 0 Å². The number of carbonyl (C=O) groups excluding carboxylic acids is 1. The summed E-state index contributed by atoms with van der Waals surface area (Å²) in [6.45, 7) is 0.238. The maximum Gasteiger partial charge on any atom is 0.269 e. The molecule has 0 unspecified atom stereocenters. The van der Waals surface area contributed by atoms with E-state index in [0.29, 0.717) is 11.3 Å². The van der Waals surface area contributed by atoms with Crippen molar-refractivity contribution in [2.24, 2.45) is 0 Å². The molecule has 4 rings (SSSR count). The van der Waals surface area contributed by atoms with Crippen LogP contribution in [0.25, 0.3) is 0 Å². The van der Waals surface area contributed by atoms with Gasteiger partial charge in [0, 0.05) is 0 Å². The molecule has 0 aromatic heterocycles. The Kier molecular flexibility index (Phi) is 4.60. The molecule has 1 aliphatic rings. The normalized spacial score (nSPS) is 14.8. The lowest BCUT2D eigenvalue weighted by Crippen LogP contribution is -2.29. The predicted octanol–water partition coefficient (Wildman–Crippen LogP) is 3.75. The molecule has 28 heavy (non-hydrogen) atoms. The van der Waals surface area contributed by atoms with E-state index in [2.05, 4.69) is 0 Å². The molecule has 1 amide bonds. The van der Waals surface area contributed by atoms with Gasteiger partial charge >= 0.3 is 0 Å². The topological polar surface area (TPSA) is 63.7 Å². The minimum absolute atomic E-state index is 0.0410. The molecule has 0 atom stereocenters. The summed E-state index contributed by atoms with van der Waals surface area (Å²) in [4.78, 5) is 12.5. The van der Waals surface area contributed by atoms with Crippen LogP contribution in [0.3, 0.4) is 0 Å². The van der Waals surface area contributed by atoms with Crippen LogP contribution in [0.1, 0.15) is 21.5 Å². The van der Waals surface area contributed by atoms with E-state index in [4.69, 9.17) is 4.74 Å². The molecule has 0 saturated carbocycles. The monoisotopic (exact) mass is 397 g/mol. The number of carbonyl (C=O) groups is 1. The Hall–Kier alpha value is -3.19. The summed E-state index contributed by atoms with van der Waals surface area (Å²) in [5, 5.41) is 0. The number of benzene rings is 3. The standard InChI is InChI=1S/C21H16FNO4S/c22-17-9-5-16(6-10-17)14-27-18-11-7-15(8-12-18)13-23-21(24)19-3-1-2-4-20(19)28(23,25)26/h1-12H,13-14H2. The fraction of sp³-hybridized carbons (Fsp3) is 0.0952. The first-order valence-corrected chi connectivity index (χ1v) is 10.0. The third kappa shape index (κ3) is 3.36. The van der Waals surface area contributed by atoms with Gasteiger partial charge in [-0.15, -0.1) is 0 Å². The molecule has 0 N–H and O–H groups in total. The molecule has 0 bridgehead atoms. The van der Waals surface area contributed by atoms with Crippen molar-refractivity contribution in [3.63, 3.8) is 0 Å². The maximum atomic E-state index is 12.9. The van der Waals surface area contributed by atoms with Crippen molar-refractivity contribution in [1.82, 2.24) is 4.31 Å². The van der Waals surface area contributed by atoms with Crippen LogP contribution in [-0.4, -0.2) is 18.6 Å². The summed E-state index contributed by atoms with van der Waals surface area (Å²) < 4.78 is 44.7. The van der Waals surface area contributed by atoms with Crippen molar-refractivity contribution in [3.05, 3.63) is 95.3 Å². The number of halogens is 1. The third-order valence-corrected chi connectivity index (χ3v) is 6.27. The van der Waals surface area contributed by atoms with Crippen molar-refractivity contribution in [2.75, 3.05) is 0 Å². The van der Waals surface area contributed by atoms with Gasteiger partial charge in [-0.2, -0.15) is 0 Å². The molecule has 0 fully saturated rings. The van der Waals surface area contributed by atoms with Crippen LogP contribution in [0.15, 0.2) is 77.7 Å². The number of nitrogens with zero attached hydrogens (tertiary/aromatic N) is 1. The summed E-state index contributed by atoms with van der Waals surface area (Å²) in [6.07, 6.45) is 0. The molecule has 7 heteroatoms. The van der Waals surface area contributed by atoms with Crippen molar-refractivity contribution in [1.29, 1.82) is 0 Å². The first-order valence-electron chi connectivity index (χ1n) is 8.57. The van der Waals surface area contributed by atoms with Crippen molar-refractivity contribution >= 4 is 15.9 Å². The van der Waals surface area contributed by atoms with Gasteiger partial charge in [0.25, 0.3) is 15.9 Å². The van der Waals surface area contributed by atoms with Gasteiger partial charge in [0.2, 0.25) is 0 Å². The van der Waals surface area contributed by atoms with E-state index in [1.165, 1.54) is 24.3 Å². The third-order valence-electron chi connectivity index (χ3n) is 4.48. The van der Waals surface area contributed by atoms with E-state index in [0.717, 1.165) is 9.87 Å². The average Bonchev–Trinajstić information content (AvgIpc) is 2.90. The summed E-state index contributed by atoms with van der Waals surface area (Å²) in [5.41, 5.74) is 1.69. The molecule has 3 aromatic carbocycles. The van der Waals surface area contributed by atoms with Crippen LogP contribution >= 0.6 is 0 Å². The van der Waals surface area contributed by atoms with Gasteiger partial charge in [0.1, 0.15) is 23.1 Å². The predicted molar refractivity (Wildman–Crippen MR) is 101 cm³/mol. The van der Waals surface area contributed by atoms with Crippen LogP contribution in [-0.2, 0) is 23.2 Å². The number of hydrogen-bond acceptors (Lipinski definition) is 4. The number of ether oxygens (including phenoxy) is 1. The fourth-order valence-corrected chi connectivity index (χ4v) is 4.55. The van der Waals surface area contributed by atoms with E-state index in [1.807, 2.05) is 0 Å². The van der Waals surface area contributed by atoms with Crippen molar-refractivity contribution in [2.45, 2.75) is 18.0 Å². The molecule has 142 valence electrons. The number of fused-ring (bicyclic) bond motifs is 1. The zero-order valence-corrected chi connectivity index (χ0v) is 15.5. The van der Waals surface area contributed by atoms with Crippen molar-refractivity contribution < 1.29 is 22.3 Å². The van der Waals surface area contributed by atoms with E-state index in [9.17, 15) is 17.6 Å². The fourth-order valence-electron chi connectivity index (χ4n) is 2.99. The summed E-state index contributed by atoms with van der Waals surface area (Å²) in [6, 6.07) is 19.1. The van der Waals surface area contributed by atoms with E-state index in [-0.39, 0.29) is 29.4 Å². The zero-order chi connectivity index (χ0) is 19.7. The Labute approximate surface area is 162 Å². The zero-order valence-electron chi connectivity index (χ0n) is 14.7. The summed E-state index contributed by atoms with van der Waals surface area (Å²) in [7, 11) is -3.83. The van der Waals surface area contributed by atoms with Gasteiger partial charge in [-0.05, 0) is 47.5 Å². The molecular weight excluding hydrogens is 381 g/mol. The second-order valence-corrected chi connectivity index (χ2v) is 8.20. The second kappa shape index (κ2) is 7.09. The molecule has 1 heterocycles. The lowest BCUT2D eigenvalue weighted by Gasteiger charge is -2.15. The Morgan fingerprint density at radius 2 is 1.50 bits per heavy atom. The molecule has 3 aromatic rings. The smallest absolute Gasteiger partial charge is 0.269 e. The lowest BCUT2D eigenvalue weighted by atomic mass is 10.2. The minimum Gasteiger partial charge on any atom is -0.489 e. The highest BCUT2D eigenvalue weighted by Gasteiger charge is 2.40. The second-order valence-electron chi connectivity index (χ2n) is 6.37. The molecule has 0 spiro atoms. The van der Waals surface area contributed by atoms with Gasteiger partial charge in [0.05, 0.1) is 12.1 Å². The van der Waals surface area contributed by atoms with Gasteiger partial charge in [0.15, 0.2) is 0 Å². The number of hydrogen-bond donors (Lipinski definition) is 0. The highest BCUT2D eigenvalue weighted by atomic mass is 32.2. The van der Waals surface area contributed by atoms with Crippen LogP contribution < -0.4 is 4.74 Å². The van der Waals surface area contributed by atoms with Crippen LogP contribution in [0.2, 0.25) is 0 Å². The Bertz CT molecular complexity index is 1130. The largest absolute Gasteiger partial charge is 0.489 e. The number of rotatable bonds is 5. The van der Waals surface area contributed by atoms with Crippen LogP contribution in [0.5, 0.6) is 5.75 Å². The molecule has 1 aliphatic heterocycles. The van der Waals surface area contributed by atoms with E-state index in [1.54, 1.807) is 48.5 Å². The van der Waals surface area contributed by atoms with Crippen LogP contribution in [0, 0.1) is 5.82 Å². The Morgan fingerprint density at radius 3 is 2.18 bits per heavy atom. The first-order chi connectivity index (χ1) is 13.4. The summed E-state index contributed by atoms with van der Waals surface area (Å²) in [5.74, 6) is -0.235. The maximum absolute atomic E-state index is 12.9. The quantitative estimate of drug-likeness (QED) is 0.658. The molecule has 5 nitrogen and oxygen atoms in total. The molecule has 0 saturated heterocycles. The van der Waals surface area contributed by atoms with Gasteiger partial charge < -0.3 is 4.74 Å². The lowest BCUT2D eigenvalue weighted by molar-refractivity contribution is 0.0865. The molecular formula is C21H16FNO4S. The van der Waals surface area contributed by atoms with Gasteiger partial charge in [-0.25, -0.2) is 17.1 Å². The number of amides is 1. The molecule has 0 aliphatic carbocycles. The first kappa shape index (κ1) is 18.2. The SMILES string of the molecule is O=C1c2ccccc2S(=O)(=O)N1Cc1ccc(OCc2ccc(F)cc2)cc1. The van der Waals surface area contributed by atoms with Crippen molar-refractivity contribution in [3.8, 4) is 5.75 Å². The summed E-state index contributed by atoms with van der Waals surface area (Å²) >= 11 is 0. The Morgan fingerprint density at radius 1 is 0.857 bits per heavy atom. The van der Waals surface area contributed by atoms with Gasteiger partial charge in [-0.1, -0.05) is 36.4 Å². The van der Waals surface area contributed by atoms with E-state index < -0.39 is 15.9 Å². The average molecular weight is 397 g/mol. The van der Waals surface area contributed by atoms with Gasteiger partial charge in [-0.3, -0.25) is 4.79 Å². The highest BCUT2D eigenvalue weighted by Crippen LogP contribution is 2.31. The highest BCUT2D eigenvalue weighted by molar-refractivity contribution is 7.90. The number of sulfonamides is 1. The Balaban J connectivity index is 1.45. The molecule has 0 radical (unpaired) electrons.